The molecule has 2 aromatic rings. The average Bonchev–Trinajstić information content (AvgIpc) is 2.83. The summed E-state index contributed by atoms with van der Waals surface area (Å²) >= 11 is 1.23. The third-order valence-electron chi connectivity index (χ3n) is 2.72. The first-order valence-electron chi connectivity index (χ1n) is 6.80. The monoisotopic (exact) mass is 338 g/mol. The van der Waals surface area contributed by atoms with Crippen LogP contribution in [0, 0.1) is 0 Å². The molecule has 0 atom stereocenters. The van der Waals surface area contributed by atoms with Crippen LogP contribution in [-0.2, 0) is 9.47 Å². The van der Waals surface area contributed by atoms with Gasteiger partial charge < -0.3 is 14.2 Å². The average molecular weight is 338 g/mol. The molecule has 0 radical (unpaired) electrons. The van der Waals surface area contributed by atoms with Gasteiger partial charge in [0.25, 0.3) is 0 Å². The third-order valence-corrected chi connectivity index (χ3v) is 3.66. The Morgan fingerprint density at radius 3 is 2.48 bits per heavy atom. The van der Waals surface area contributed by atoms with E-state index in [0.717, 1.165) is 4.70 Å². The van der Waals surface area contributed by atoms with E-state index in [4.69, 9.17) is 14.2 Å². The number of nitrogens with zero attached hydrogens (tertiary/aromatic N) is 1. The van der Waals surface area contributed by atoms with Gasteiger partial charge in [-0.15, -0.1) is 0 Å². The number of hydrogen-bond donors (Lipinski definition) is 1. The molecule has 124 valence electrons. The minimum Gasteiger partial charge on any atom is -0.496 e. The molecule has 0 aliphatic carbocycles. The van der Waals surface area contributed by atoms with Crippen LogP contribution in [0.1, 0.15) is 31.1 Å². The molecule has 7 nitrogen and oxygen atoms in total. The van der Waals surface area contributed by atoms with Crippen LogP contribution < -0.4 is 10.1 Å². The Morgan fingerprint density at radius 1 is 1.22 bits per heavy atom. The Balaban J connectivity index is 2.32. The van der Waals surface area contributed by atoms with Crippen molar-refractivity contribution in [1.29, 1.82) is 0 Å². The summed E-state index contributed by atoms with van der Waals surface area (Å²) in [5, 5.41) is 2.95. The number of rotatable bonds is 3. The minimum atomic E-state index is -0.595. The third kappa shape index (κ3) is 4.10. The van der Waals surface area contributed by atoms with Crippen molar-refractivity contribution in [1.82, 2.24) is 4.98 Å². The van der Waals surface area contributed by atoms with Crippen molar-refractivity contribution < 1.29 is 23.8 Å². The molecule has 0 saturated heterocycles. The fourth-order valence-electron chi connectivity index (χ4n) is 1.84. The molecule has 0 bridgehead atoms. The van der Waals surface area contributed by atoms with Gasteiger partial charge in [0.1, 0.15) is 16.9 Å². The lowest BCUT2D eigenvalue weighted by Gasteiger charge is -2.18. The zero-order chi connectivity index (χ0) is 17.2. The lowest BCUT2D eigenvalue weighted by atomic mass is 10.2. The Hall–Kier alpha value is -2.35. The van der Waals surface area contributed by atoms with Crippen molar-refractivity contribution in [2.24, 2.45) is 0 Å². The fraction of sp³-hybridized carbons (Fsp3) is 0.400. The predicted octanol–water partition coefficient (Wildman–Crippen LogP) is 3.44. The zero-order valence-electron chi connectivity index (χ0n) is 13.6. The van der Waals surface area contributed by atoms with Crippen LogP contribution in [0.15, 0.2) is 12.1 Å². The molecule has 2 rings (SSSR count). The molecule has 1 N–H and O–H groups in total. The van der Waals surface area contributed by atoms with Crippen LogP contribution in [0.5, 0.6) is 5.75 Å². The number of fused-ring (bicyclic) bond motifs is 1. The number of hydrogen-bond acceptors (Lipinski definition) is 7. The molecule has 0 saturated carbocycles. The maximum Gasteiger partial charge on any atom is 0.413 e. The first-order chi connectivity index (χ1) is 10.7. The molecular weight excluding hydrogens is 320 g/mol. The van der Waals surface area contributed by atoms with Crippen molar-refractivity contribution >= 4 is 38.7 Å². The highest BCUT2D eigenvalue weighted by Crippen LogP contribution is 2.32. The van der Waals surface area contributed by atoms with E-state index in [9.17, 15) is 9.59 Å². The smallest absolute Gasteiger partial charge is 0.413 e. The van der Waals surface area contributed by atoms with E-state index in [2.05, 4.69) is 10.3 Å². The van der Waals surface area contributed by atoms with Crippen molar-refractivity contribution in [2.75, 3.05) is 19.5 Å². The van der Waals surface area contributed by atoms with Crippen molar-refractivity contribution in [2.45, 2.75) is 26.4 Å². The Kier molecular flexibility index (Phi) is 4.74. The van der Waals surface area contributed by atoms with Gasteiger partial charge in [-0.3, -0.25) is 5.32 Å². The van der Waals surface area contributed by atoms with E-state index in [1.165, 1.54) is 25.6 Å². The number of carbonyl (C=O) groups excluding carboxylic acids is 2. The van der Waals surface area contributed by atoms with Gasteiger partial charge in [0.05, 0.1) is 24.4 Å². The minimum absolute atomic E-state index is 0.301. The van der Waals surface area contributed by atoms with Gasteiger partial charge >= 0.3 is 12.1 Å². The molecule has 0 aliphatic heterocycles. The SMILES string of the molecule is COC(=O)c1cc2sc(NC(=O)OC(C)(C)C)nc2cc1OC. The summed E-state index contributed by atoms with van der Waals surface area (Å²) in [7, 11) is 2.76. The predicted molar refractivity (Wildman–Crippen MR) is 87.4 cm³/mol. The van der Waals surface area contributed by atoms with E-state index in [-0.39, 0.29) is 0 Å². The number of anilines is 1. The Morgan fingerprint density at radius 2 is 1.91 bits per heavy atom. The molecule has 1 aromatic heterocycles. The first kappa shape index (κ1) is 17.0. The number of esters is 1. The van der Waals surface area contributed by atoms with Gasteiger partial charge in [0, 0.05) is 6.07 Å². The number of thiazole rings is 1. The summed E-state index contributed by atoms with van der Waals surface area (Å²) in [5.74, 6) is -0.141. The number of amides is 1. The maximum atomic E-state index is 11.8. The number of ether oxygens (including phenoxy) is 3. The van der Waals surface area contributed by atoms with Crippen LogP contribution in [0.25, 0.3) is 10.2 Å². The number of aromatic nitrogens is 1. The van der Waals surface area contributed by atoms with Crippen LogP contribution in [0.4, 0.5) is 9.93 Å². The molecule has 8 heteroatoms. The number of methoxy groups -OCH3 is 2. The zero-order valence-corrected chi connectivity index (χ0v) is 14.4. The normalized spacial score (nSPS) is 11.2. The summed E-state index contributed by atoms with van der Waals surface area (Å²) in [6.45, 7) is 5.33. The number of carbonyl (C=O) groups is 2. The summed E-state index contributed by atoms with van der Waals surface area (Å²) in [6, 6.07) is 3.25. The van der Waals surface area contributed by atoms with Gasteiger partial charge in [-0.1, -0.05) is 11.3 Å². The molecular formula is C15H18N2O5S. The second-order valence-corrected chi connectivity index (χ2v) is 6.69. The lowest BCUT2D eigenvalue weighted by Crippen LogP contribution is -2.27. The number of benzene rings is 1. The van der Waals surface area contributed by atoms with Gasteiger partial charge in [0.2, 0.25) is 0 Å². The molecule has 0 unspecified atom stereocenters. The Labute approximate surface area is 137 Å². The van der Waals surface area contributed by atoms with Crippen LogP contribution in [0.2, 0.25) is 0 Å². The summed E-state index contributed by atoms with van der Waals surface area (Å²) in [5.41, 5.74) is 0.308. The van der Waals surface area contributed by atoms with Crippen LogP contribution >= 0.6 is 11.3 Å². The summed E-state index contributed by atoms with van der Waals surface area (Å²) in [4.78, 5) is 27.8. The van der Waals surface area contributed by atoms with Gasteiger partial charge in [-0.05, 0) is 26.8 Å². The molecule has 1 heterocycles. The molecule has 1 amide bonds. The largest absolute Gasteiger partial charge is 0.496 e. The second kappa shape index (κ2) is 6.41. The highest BCUT2D eigenvalue weighted by atomic mass is 32.1. The molecule has 23 heavy (non-hydrogen) atoms. The fourth-order valence-corrected chi connectivity index (χ4v) is 2.71. The highest BCUT2D eigenvalue weighted by molar-refractivity contribution is 7.22. The van der Waals surface area contributed by atoms with E-state index >= 15 is 0 Å². The molecule has 1 aromatic carbocycles. The van der Waals surface area contributed by atoms with E-state index in [1.807, 2.05) is 0 Å². The molecule has 0 fully saturated rings. The van der Waals surface area contributed by atoms with Gasteiger partial charge in [0.15, 0.2) is 5.13 Å². The molecule has 0 spiro atoms. The van der Waals surface area contributed by atoms with Crippen molar-refractivity contribution in [3.8, 4) is 5.75 Å². The topological polar surface area (TPSA) is 86.8 Å². The van der Waals surface area contributed by atoms with E-state index in [1.54, 1.807) is 32.9 Å². The van der Waals surface area contributed by atoms with Crippen molar-refractivity contribution in [3.05, 3.63) is 17.7 Å². The second-order valence-electron chi connectivity index (χ2n) is 5.66. The summed E-state index contributed by atoms with van der Waals surface area (Å²) in [6.07, 6.45) is -0.586. The first-order valence-corrected chi connectivity index (χ1v) is 7.62. The molecule has 0 aliphatic rings. The quantitative estimate of drug-likeness (QED) is 0.863. The van der Waals surface area contributed by atoms with Crippen LogP contribution in [-0.4, -0.2) is 36.9 Å². The Bertz CT molecular complexity index is 748. The van der Waals surface area contributed by atoms with E-state index < -0.39 is 17.7 Å². The number of nitrogens with one attached hydrogen (secondary N) is 1. The maximum absolute atomic E-state index is 11.8. The van der Waals surface area contributed by atoms with Crippen molar-refractivity contribution in [3.63, 3.8) is 0 Å². The van der Waals surface area contributed by atoms with E-state index in [0.29, 0.717) is 22.0 Å². The van der Waals surface area contributed by atoms with Gasteiger partial charge in [-0.2, -0.15) is 0 Å². The standard InChI is InChI=1S/C15H18N2O5S/c1-15(2,3)22-14(19)17-13-16-9-7-10(20-4)8(12(18)21-5)6-11(9)23-13/h6-7H,1-5H3,(H,16,17,19). The lowest BCUT2D eigenvalue weighted by molar-refractivity contribution is 0.0595. The van der Waals surface area contributed by atoms with Crippen LogP contribution in [0.3, 0.4) is 0 Å². The highest BCUT2D eigenvalue weighted by Gasteiger charge is 2.19. The van der Waals surface area contributed by atoms with Gasteiger partial charge in [-0.25, -0.2) is 14.6 Å². The summed E-state index contributed by atoms with van der Waals surface area (Å²) < 4.78 is 15.8.